The second-order valence-electron chi connectivity index (χ2n) is 4.63. The van der Waals surface area contributed by atoms with Gasteiger partial charge in [0.1, 0.15) is 0 Å². The molecule has 1 heterocycles. The normalized spacial score (nSPS) is 11.2. The summed E-state index contributed by atoms with van der Waals surface area (Å²) in [6.45, 7) is 4.97. The predicted molar refractivity (Wildman–Crippen MR) is 79.6 cm³/mol. The molecule has 2 aromatic rings. The van der Waals surface area contributed by atoms with E-state index in [4.69, 9.17) is 0 Å². The van der Waals surface area contributed by atoms with Crippen LogP contribution in [0.2, 0.25) is 0 Å². The zero-order valence-electron chi connectivity index (χ0n) is 11.9. The second-order valence-corrected chi connectivity index (χ2v) is 6.32. The quantitative estimate of drug-likeness (QED) is 0.801. The number of amides is 1. The largest absolute Gasteiger partial charge is 0.326 e. The maximum absolute atomic E-state index is 12.2. The van der Waals surface area contributed by atoms with Gasteiger partial charge in [0.2, 0.25) is 5.91 Å². The Hall–Kier alpha value is -2.35. The molecule has 8 heteroatoms. The molecule has 112 valence electrons. The van der Waals surface area contributed by atoms with Gasteiger partial charge in [0.05, 0.1) is 4.90 Å². The van der Waals surface area contributed by atoms with Gasteiger partial charge in [-0.2, -0.15) is 5.10 Å². The first-order valence-electron chi connectivity index (χ1n) is 6.21. The SMILES string of the molecule is CC(=O)Nc1ccc(S(=O)(=O)Nc2n[nH]c(C)c2C)cc1. The van der Waals surface area contributed by atoms with Crippen molar-refractivity contribution in [2.45, 2.75) is 25.7 Å². The molecular formula is C13H16N4O3S. The van der Waals surface area contributed by atoms with Crippen molar-refractivity contribution in [1.29, 1.82) is 0 Å². The number of aryl methyl sites for hydroxylation is 1. The van der Waals surface area contributed by atoms with E-state index >= 15 is 0 Å². The molecule has 0 aliphatic rings. The number of rotatable bonds is 4. The van der Waals surface area contributed by atoms with Crippen LogP contribution in [0.15, 0.2) is 29.2 Å². The summed E-state index contributed by atoms with van der Waals surface area (Å²) in [6, 6.07) is 5.89. The first-order valence-corrected chi connectivity index (χ1v) is 7.70. The number of sulfonamides is 1. The minimum atomic E-state index is -3.71. The third-order valence-electron chi connectivity index (χ3n) is 2.97. The van der Waals surface area contributed by atoms with E-state index in [9.17, 15) is 13.2 Å². The summed E-state index contributed by atoms with van der Waals surface area (Å²) < 4.78 is 26.9. The molecule has 0 saturated heterocycles. The molecule has 0 unspecified atom stereocenters. The Labute approximate surface area is 122 Å². The van der Waals surface area contributed by atoms with Crippen molar-refractivity contribution in [3.63, 3.8) is 0 Å². The van der Waals surface area contributed by atoms with Crippen LogP contribution >= 0.6 is 0 Å². The maximum atomic E-state index is 12.2. The highest BCUT2D eigenvalue weighted by Crippen LogP contribution is 2.20. The van der Waals surface area contributed by atoms with Gasteiger partial charge in [0.15, 0.2) is 5.82 Å². The zero-order valence-corrected chi connectivity index (χ0v) is 12.7. The number of aromatic amines is 1. The number of aromatic nitrogens is 2. The van der Waals surface area contributed by atoms with Crippen molar-refractivity contribution in [1.82, 2.24) is 10.2 Å². The van der Waals surface area contributed by atoms with Crippen LogP contribution in [-0.4, -0.2) is 24.5 Å². The number of hydrogen-bond acceptors (Lipinski definition) is 4. The van der Waals surface area contributed by atoms with Gasteiger partial charge in [-0.05, 0) is 38.1 Å². The van der Waals surface area contributed by atoms with Crippen molar-refractivity contribution in [3.05, 3.63) is 35.5 Å². The van der Waals surface area contributed by atoms with Crippen molar-refractivity contribution >= 4 is 27.4 Å². The monoisotopic (exact) mass is 308 g/mol. The summed E-state index contributed by atoms with van der Waals surface area (Å²) in [6.07, 6.45) is 0. The van der Waals surface area contributed by atoms with Crippen LogP contribution in [0, 0.1) is 13.8 Å². The maximum Gasteiger partial charge on any atom is 0.263 e. The number of nitrogens with zero attached hydrogens (tertiary/aromatic N) is 1. The van der Waals surface area contributed by atoms with Gasteiger partial charge in [0, 0.05) is 23.9 Å². The first-order chi connectivity index (χ1) is 9.79. The molecule has 0 radical (unpaired) electrons. The van der Waals surface area contributed by atoms with Gasteiger partial charge in [-0.3, -0.25) is 14.6 Å². The standard InChI is InChI=1S/C13H16N4O3S/c1-8-9(2)15-16-13(8)17-21(19,20)12-6-4-11(5-7-12)14-10(3)18/h4-7H,1-3H3,(H,14,18)(H2,15,16,17). The zero-order chi connectivity index (χ0) is 15.6. The van der Waals surface area contributed by atoms with Crippen LogP contribution < -0.4 is 10.0 Å². The van der Waals surface area contributed by atoms with Crippen LogP contribution in [-0.2, 0) is 14.8 Å². The molecule has 0 fully saturated rings. The van der Waals surface area contributed by atoms with Gasteiger partial charge in [0.25, 0.3) is 10.0 Å². The molecule has 0 aliphatic carbocycles. The van der Waals surface area contributed by atoms with E-state index in [0.29, 0.717) is 5.69 Å². The topological polar surface area (TPSA) is 104 Å². The molecule has 1 amide bonds. The molecule has 1 aromatic carbocycles. The lowest BCUT2D eigenvalue weighted by Gasteiger charge is -2.07. The summed E-state index contributed by atoms with van der Waals surface area (Å²) >= 11 is 0. The van der Waals surface area contributed by atoms with Gasteiger partial charge < -0.3 is 5.32 Å². The number of nitrogens with one attached hydrogen (secondary N) is 3. The number of anilines is 2. The van der Waals surface area contributed by atoms with Crippen LogP contribution in [0.25, 0.3) is 0 Å². The second kappa shape index (κ2) is 5.57. The molecule has 1 aromatic heterocycles. The fourth-order valence-corrected chi connectivity index (χ4v) is 2.76. The van der Waals surface area contributed by atoms with E-state index in [0.717, 1.165) is 11.3 Å². The average Bonchev–Trinajstić information content (AvgIpc) is 2.70. The Morgan fingerprint density at radius 2 is 1.81 bits per heavy atom. The highest BCUT2D eigenvalue weighted by Gasteiger charge is 2.17. The lowest BCUT2D eigenvalue weighted by molar-refractivity contribution is -0.114. The summed E-state index contributed by atoms with van der Waals surface area (Å²) in [5, 5.41) is 9.20. The number of benzene rings is 1. The van der Waals surface area contributed by atoms with Crippen molar-refractivity contribution < 1.29 is 13.2 Å². The average molecular weight is 308 g/mol. The van der Waals surface area contributed by atoms with Crippen molar-refractivity contribution in [2.24, 2.45) is 0 Å². The Balaban J connectivity index is 2.23. The van der Waals surface area contributed by atoms with E-state index in [1.807, 2.05) is 6.92 Å². The molecular weight excluding hydrogens is 292 g/mol. The molecule has 21 heavy (non-hydrogen) atoms. The fraction of sp³-hybridized carbons (Fsp3) is 0.231. The predicted octanol–water partition coefficient (Wildman–Crippen LogP) is 1.79. The minimum Gasteiger partial charge on any atom is -0.326 e. The van der Waals surface area contributed by atoms with Gasteiger partial charge in [-0.15, -0.1) is 0 Å². The summed E-state index contributed by atoms with van der Waals surface area (Å²) in [7, 11) is -3.71. The van der Waals surface area contributed by atoms with Crippen LogP contribution in [0.5, 0.6) is 0 Å². The molecule has 0 bridgehead atoms. The third-order valence-corrected chi connectivity index (χ3v) is 4.32. The molecule has 3 N–H and O–H groups in total. The molecule has 0 atom stereocenters. The smallest absolute Gasteiger partial charge is 0.263 e. The summed E-state index contributed by atoms with van der Waals surface area (Å²) in [4.78, 5) is 11.0. The highest BCUT2D eigenvalue weighted by molar-refractivity contribution is 7.92. The Morgan fingerprint density at radius 3 is 2.29 bits per heavy atom. The number of carbonyl (C=O) groups excluding carboxylic acids is 1. The Morgan fingerprint density at radius 1 is 1.19 bits per heavy atom. The fourth-order valence-electron chi connectivity index (χ4n) is 1.69. The van der Waals surface area contributed by atoms with E-state index in [2.05, 4.69) is 20.2 Å². The highest BCUT2D eigenvalue weighted by atomic mass is 32.2. The summed E-state index contributed by atoms with van der Waals surface area (Å²) in [5.74, 6) is 0.0600. The van der Waals surface area contributed by atoms with Crippen LogP contribution in [0.4, 0.5) is 11.5 Å². The van der Waals surface area contributed by atoms with Crippen LogP contribution in [0.1, 0.15) is 18.2 Å². The van der Waals surface area contributed by atoms with Crippen LogP contribution in [0.3, 0.4) is 0 Å². The lowest BCUT2D eigenvalue weighted by Crippen LogP contribution is -2.14. The van der Waals surface area contributed by atoms with Gasteiger partial charge in [-0.25, -0.2) is 8.42 Å². The molecule has 0 spiro atoms. The van der Waals surface area contributed by atoms with E-state index < -0.39 is 10.0 Å². The van der Waals surface area contributed by atoms with Gasteiger partial charge >= 0.3 is 0 Å². The van der Waals surface area contributed by atoms with Gasteiger partial charge in [-0.1, -0.05) is 0 Å². The first kappa shape index (κ1) is 15.0. The number of H-pyrrole nitrogens is 1. The number of carbonyl (C=O) groups is 1. The Kier molecular flexibility index (Phi) is 3.99. The number of hydrogen-bond donors (Lipinski definition) is 3. The lowest BCUT2D eigenvalue weighted by atomic mass is 10.3. The summed E-state index contributed by atoms with van der Waals surface area (Å²) in [5.41, 5.74) is 2.08. The third kappa shape index (κ3) is 3.40. The van der Waals surface area contributed by atoms with Crippen molar-refractivity contribution in [3.8, 4) is 0 Å². The molecule has 2 rings (SSSR count). The molecule has 7 nitrogen and oxygen atoms in total. The van der Waals surface area contributed by atoms with Crippen molar-refractivity contribution in [2.75, 3.05) is 10.0 Å². The van der Waals surface area contributed by atoms with E-state index in [-0.39, 0.29) is 16.6 Å². The Bertz CT molecular complexity index is 763. The molecule has 0 aliphatic heterocycles. The van der Waals surface area contributed by atoms with E-state index in [1.165, 1.54) is 31.2 Å². The molecule has 0 saturated carbocycles. The minimum absolute atomic E-state index is 0.0941. The van der Waals surface area contributed by atoms with E-state index in [1.54, 1.807) is 6.92 Å².